The molecule has 1 rings (SSSR count). The number of nitrogens with one attached hydrogen (secondary N) is 1. The summed E-state index contributed by atoms with van der Waals surface area (Å²) in [6.07, 6.45) is 5.14. The summed E-state index contributed by atoms with van der Waals surface area (Å²) in [5, 5.41) is 3.13. The predicted molar refractivity (Wildman–Crippen MR) is 35.8 cm³/mol. The van der Waals surface area contributed by atoms with E-state index in [-0.39, 0.29) is 0 Å². The van der Waals surface area contributed by atoms with Crippen molar-refractivity contribution in [2.75, 3.05) is 13.1 Å². The molecule has 9 heavy (non-hydrogen) atoms. The molecule has 50 valence electrons. The Morgan fingerprint density at radius 2 is 2.56 bits per heavy atom. The Kier molecular flexibility index (Phi) is 2.46. The van der Waals surface area contributed by atoms with Gasteiger partial charge in [0, 0.05) is 6.54 Å². The van der Waals surface area contributed by atoms with E-state index in [4.69, 9.17) is 0 Å². The van der Waals surface area contributed by atoms with E-state index in [9.17, 15) is 4.39 Å². The van der Waals surface area contributed by atoms with Crippen LogP contribution in [-0.2, 0) is 0 Å². The van der Waals surface area contributed by atoms with Gasteiger partial charge in [-0.1, -0.05) is 6.08 Å². The summed E-state index contributed by atoms with van der Waals surface area (Å²) in [5.74, 6) is 0. The van der Waals surface area contributed by atoms with Gasteiger partial charge in [0.15, 0.2) is 0 Å². The van der Waals surface area contributed by atoms with Crippen molar-refractivity contribution in [2.45, 2.75) is 6.42 Å². The van der Waals surface area contributed by atoms with Crippen LogP contribution in [0.25, 0.3) is 0 Å². The van der Waals surface area contributed by atoms with Gasteiger partial charge in [0.05, 0.1) is 6.33 Å². The molecule has 0 saturated heterocycles. The summed E-state index contributed by atoms with van der Waals surface area (Å²) < 4.78 is 11.5. The first kappa shape index (κ1) is 6.49. The molecule has 0 radical (unpaired) electrons. The molecule has 0 aliphatic carbocycles. The maximum absolute atomic E-state index is 11.5. The molecule has 0 aromatic carbocycles. The summed E-state index contributed by atoms with van der Waals surface area (Å²) in [6, 6.07) is 0. The normalized spacial score (nSPS) is 20.3. The van der Waals surface area contributed by atoms with E-state index in [1.807, 2.05) is 6.08 Å². The van der Waals surface area contributed by atoms with Gasteiger partial charge in [-0.25, -0.2) is 4.39 Å². The Labute approximate surface area is 54.3 Å². The van der Waals surface area contributed by atoms with Crippen molar-refractivity contribution >= 4 is 0 Å². The van der Waals surface area contributed by atoms with Crippen molar-refractivity contribution in [3.63, 3.8) is 0 Å². The number of hydrogen-bond acceptors (Lipinski definition) is 1. The van der Waals surface area contributed by atoms with Crippen molar-refractivity contribution in [3.8, 4) is 0 Å². The number of halogens is 1. The van der Waals surface area contributed by atoms with Crippen LogP contribution < -0.4 is 5.32 Å². The first-order chi connectivity index (χ1) is 4.43. The van der Waals surface area contributed by atoms with Crippen LogP contribution in [-0.4, -0.2) is 13.1 Å². The van der Waals surface area contributed by atoms with Crippen molar-refractivity contribution in [3.05, 3.63) is 24.1 Å². The topological polar surface area (TPSA) is 12.0 Å². The van der Waals surface area contributed by atoms with Crippen molar-refractivity contribution in [1.29, 1.82) is 0 Å². The molecular weight excluding hydrogens is 117 g/mol. The highest BCUT2D eigenvalue weighted by Crippen LogP contribution is 2.01. The van der Waals surface area contributed by atoms with E-state index in [1.165, 1.54) is 6.08 Å². The zero-order valence-corrected chi connectivity index (χ0v) is 5.23. The fourth-order valence-electron chi connectivity index (χ4n) is 0.872. The molecule has 0 unspecified atom stereocenters. The van der Waals surface area contributed by atoms with Crippen molar-refractivity contribution in [1.82, 2.24) is 5.32 Å². The van der Waals surface area contributed by atoms with Crippen LogP contribution >= 0.6 is 0 Å². The SMILES string of the molecule is F/C=C\C1=CCCNC1. The lowest BCUT2D eigenvalue weighted by molar-refractivity contribution is 0.696. The Morgan fingerprint density at radius 1 is 1.67 bits per heavy atom. The minimum Gasteiger partial charge on any atom is -0.312 e. The largest absolute Gasteiger partial charge is 0.312 e. The van der Waals surface area contributed by atoms with E-state index in [0.717, 1.165) is 25.1 Å². The van der Waals surface area contributed by atoms with E-state index in [0.29, 0.717) is 6.33 Å². The second-order valence-electron chi connectivity index (χ2n) is 2.04. The molecule has 0 amide bonds. The summed E-state index contributed by atoms with van der Waals surface area (Å²) >= 11 is 0. The van der Waals surface area contributed by atoms with E-state index in [2.05, 4.69) is 5.32 Å². The first-order valence-corrected chi connectivity index (χ1v) is 3.10. The molecule has 2 heteroatoms. The Morgan fingerprint density at radius 3 is 3.11 bits per heavy atom. The van der Waals surface area contributed by atoms with Gasteiger partial charge in [-0.3, -0.25) is 0 Å². The number of hydrogen-bond donors (Lipinski definition) is 1. The Bertz CT molecular complexity index is 138. The van der Waals surface area contributed by atoms with Gasteiger partial charge in [-0.05, 0) is 24.6 Å². The minimum atomic E-state index is 0.582. The third kappa shape index (κ3) is 1.98. The summed E-state index contributed by atoms with van der Waals surface area (Å²) in [7, 11) is 0. The fraction of sp³-hybridized carbons (Fsp3) is 0.429. The fourth-order valence-corrected chi connectivity index (χ4v) is 0.872. The monoisotopic (exact) mass is 127 g/mol. The van der Waals surface area contributed by atoms with E-state index in [1.54, 1.807) is 0 Å². The van der Waals surface area contributed by atoms with Crippen LogP contribution in [0.2, 0.25) is 0 Å². The highest BCUT2D eigenvalue weighted by atomic mass is 19.1. The first-order valence-electron chi connectivity index (χ1n) is 3.10. The lowest BCUT2D eigenvalue weighted by Gasteiger charge is -2.09. The summed E-state index contributed by atoms with van der Waals surface area (Å²) in [4.78, 5) is 0. The zero-order chi connectivity index (χ0) is 6.53. The van der Waals surface area contributed by atoms with E-state index >= 15 is 0 Å². The smallest absolute Gasteiger partial charge is 0.0870 e. The van der Waals surface area contributed by atoms with Crippen LogP contribution in [0.3, 0.4) is 0 Å². The van der Waals surface area contributed by atoms with E-state index < -0.39 is 0 Å². The number of rotatable bonds is 1. The zero-order valence-electron chi connectivity index (χ0n) is 5.23. The Hall–Kier alpha value is -0.630. The molecule has 0 spiro atoms. The van der Waals surface area contributed by atoms with Crippen LogP contribution in [0.5, 0.6) is 0 Å². The molecule has 1 nitrogen and oxygen atoms in total. The van der Waals surface area contributed by atoms with Crippen LogP contribution in [0.15, 0.2) is 24.1 Å². The van der Waals surface area contributed by atoms with Crippen LogP contribution in [0.1, 0.15) is 6.42 Å². The maximum atomic E-state index is 11.5. The van der Waals surface area contributed by atoms with Gasteiger partial charge in [0.2, 0.25) is 0 Å². The predicted octanol–water partition coefficient (Wildman–Crippen LogP) is 1.39. The molecular formula is C7H10FN. The minimum absolute atomic E-state index is 0.582. The molecule has 0 bridgehead atoms. The molecule has 1 heterocycles. The van der Waals surface area contributed by atoms with Gasteiger partial charge < -0.3 is 5.32 Å². The van der Waals surface area contributed by atoms with Gasteiger partial charge in [-0.2, -0.15) is 0 Å². The van der Waals surface area contributed by atoms with Crippen molar-refractivity contribution < 1.29 is 4.39 Å². The average molecular weight is 127 g/mol. The summed E-state index contributed by atoms with van der Waals surface area (Å²) in [6.45, 7) is 1.82. The quantitative estimate of drug-likeness (QED) is 0.561. The summed E-state index contributed by atoms with van der Waals surface area (Å²) in [5.41, 5.74) is 1.05. The lowest BCUT2D eigenvalue weighted by Crippen LogP contribution is -2.21. The molecule has 0 aromatic rings. The molecule has 0 saturated carbocycles. The average Bonchev–Trinajstić information content (AvgIpc) is 1.91. The van der Waals surface area contributed by atoms with Gasteiger partial charge >= 0.3 is 0 Å². The molecule has 0 fully saturated rings. The highest BCUT2D eigenvalue weighted by Gasteiger charge is 1.96. The molecule has 0 atom stereocenters. The molecule has 0 aromatic heterocycles. The maximum Gasteiger partial charge on any atom is 0.0870 e. The molecule has 1 N–H and O–H groups in total. The third-order valence-corrected chi connectivity index (χ3v) is 1.33. The lowest BCUT2D eigenvalue weighted by atomic mass is 10.1. The third-order valence-electron chi connectivity index (χ3n) is 1.33. The standard InChI is InChI=1S/C7H10FN/c8-4-3-7-2-1-5-9-6-7/h2-4,9H,1,5-6H2/b4-3-. The van der Waals surface area contributed by atoms with Crippen LogP contribution in [0, 0.1) is 0 Å². The van der Waals surface area contributed by atoms with Crippen LogP contribution in [0.4, 0.5) is 4.39 Å². The van der Waals surface area contributed by atoms with Gasteiger partial charge in [0.25, 0.3) is 0 Å². The second kappa shape index (κ2) is 3.41. The van der Waals surface area contributed by atoms with Crippen molar-refractivity contribution in [2.24, 2.45) is 0 Å². The molecule has 1 aliphatic rings. The van der Waals surface area contributed by atoms with Gasteiger partial charge in [0.1, 0.15) is 0 Å². The van der Waals surface area contributed by atoms with Gasteiger partial charge in [-0.15, -0.1) is 0 Å². The Balaban J connectivity index is 2.46. The second-order valence-corrected chi connectivity index (χ2v) is 2.04. The molecule has 1 aliphatic heterocycles. The highest BCUT2D eigenvalue weighted by molar-refractivity contribution is 5.20.